The van der Waals surface area contributed by atoms with Crippen molar-refractivity contribution >= 4 is 11.9 Å². The van der Waals surface area contributed by atoms with E-state index in [1.54, 1.807) is 10.9 Å². The van der Waals surface area contributed by atoms with Crippen LogP contribution in [0, 0.1) is 0 Å². The molecule has 1 amide bonds. The van der Waals surface area contributed by atoms with Crippen molar-refractivity contribution in [3.05, 3.63) is 72.4 Å². The largest absolute Gasteiger partial charge is 0.467 e. The Bertz CT molecular complexity index is 936. The van der Waals surface area contributed by atoms with E-state index < -0.39 is 12.0 Å². The van der Waals surface area contributed by atoms with E-state index in [4.69, 9.17) is 4.74 Å². The topological polar surface area (TPSA) is 73.2 Å². The Morgan fingerprint density at radius 2 is 1.71 bits per heavy atom. The summed E-state index contributed by atoms with van der Waals surface area (Å²) < 4.78 is 6.49. The molecule has 144 valence electrons. The maximum absolute atomic E-state index is 13.0. The average molecular weight is 377 g/mol. The number of carbonyl (C=O) groups is 2. The van der Waals surface area contributed by atoms with Gasteiger partial charge in [0, 0.05) is 11.8 Å². The van der Waals surface area contributed by atoms with Crippen LogP contribution in [0.1, 0.15) is 30.1 Å². The molecule has 1 N–H and O–H groups in total. The van der Waals surface area contributed by atoms with Crippen molar-refractivity contribution in [2.45, 2.75) is 25.8 Å². The number of para-hydroxylation sites is 1. The van der Waals surface area contributed by atoms with Crippen LogP contribution >= 0.6 is 0 Å². The first-order valence-electron chi connectivity index (χ1n) is 9.23. The first-order chi connectivity index (χ1) is 13.6. The number of amides is 1. The second-order valence-electron chi connectivity index (χ2n) is 6.38. The molecule has 0 radical (unpaired) electrons. The van der Waals surface area contributed by atoms with Crippen LogP contribution in [0.3, 0.4) is 0 Å². The predicted octanol–water partition coefficient (Wildman–Crippen LogP) is 3.61. The minimum atomic E-state index is -0.689. The Morgan fingerprint density at radius 1 is 1.07 bits per heavy atom. The van der Waals surface area contributed by atoms with Crippen LogP contribution in [0.2, 0.25) is 0 Å². The van der Waals surface area contributed by atoms with Crippen LogP contribution in [0.4, 0.5) is 0 Å². The standard InChI is InChI=1S/C22H23N3O3/c1-3-10-19(22(27)28-2)23-21(26)18-15-25(17-13-8-5-9-14-17)24-20(18)16-11-6-4-7-12-16/h4-9,11-15,19H,3,10H2,1-2H3,(H,23,26). The van der Waals surface area contributed by atoms with Gasteiger partial charge in [0.1, 0.15) is 11.7 Å². The van der Waals surface area contributed by atoms with Crippen molar-refractivity contribution < 1.29 is 14.3 Å². The lowest BCUT2D eigenvalue weighted by Gasteiger charge is -2.15. The van der Waals surface area contributed by atoms with E-state index in [1.807, 2.05) is 67.6 Å². The summed E-state index contributed by atoms with van der Waals surface area (Å²) in [5.41, 5.74) is 2.63. The molecule has 3 aromatic rings. The third-order valence-electron chi connectivity index (χ3n) is 4.40. The Hall–Kier alpha value is -3.41. The second kappa shape index (κ2) is 8.99. The molecule has 0 bridgehead atoms. The van der Waals surface area contributed by atoms with Crippen LogP contribution in [-0.4, -0.2) is 34.8 Å². The molecular formula is C22H23N3O3. The molecule has 0 saturated carbocycles. The fourth-order valence-corrected chi connectivity index (χ4v) is 2.98. The Kier molecular flexibility index (Phi) is 6.22. The molecule has 0 aliphatic rings. The monoisotopic (exact) mass is 377 g/mol. The van der Waals surface area contributed by atoms with Crippen molar-refractivity contribution in [1.82, 2.24) is 15.1 Å². The second-order valence-corrected chi connectivity index (χ2v) is 6.38. The van der Waals surface area contributed by atoms with E-state index in [0.29, 0.717) is 17.7 Å². The highest BCUT2D eigenvalue weighted by Gasteiger charge is 2.25. The van der Waals surface area contributed by atoms with Crippen molar-refractivity contribution in [3.63, 3.8) is 0 Å². The fourth-order valence-electron chi connectivity index (χ4n) is 2.98. The highest BCUT2D eigenvalue weighted by atomic mass is 16.5. The molecule has 6 heteroatoms. The van der Waals surface area contributed by atoms with Crippen LogP contribution in [0.5, 0.6) is 0 Å². The third-order valence-corrected chi connectivity index (χ3v) is 4.40. The minimum Gasteiger partial charge on any atom is -0.467 e. The molecule has 1 heterocycles. The van der Waals surface area contributed by atoms with Gasteiger partial charge in [-0.1, -0.05) is 61.9 Å². The number of carbonyl (C=O) groups excluding carboxylic acids is 2. The third kappa shape index (κ3) is 4.28. The lowest BCUT2D eigenvalue weighted by Crippen LogP contribution is -2.41. The van der Waals surface area contributed by atoms with Gasteiger partial charge in [-0.2, -0.15) is 5.10 Å². The summed E-state index contributed by atoms with van der Waals surface area (Å²) in [4.78, 5) is 25.0. The molecule has 1 unspecified atom stereocenters. The van der Waals surface area contributed by atoms with Crippen LogP contribution in [0.15, 0.2) is 66.9 Å². The molecule has 3 rings (SSSR count). The van der Waals surface area contributed by atoms with Gasteiger partial charge >= 0.3 is 5.97 Å². The number of aromatic nitrogens is 2. The zero-order valence-corrected chi connectivity index (χ0v) is 16.0. The normalized spacial score (nSPS) is 11.6. The number of esters is 1. The quantitative estimate of drug-likeness (QED) is 0.639. The maximum Gasteiger partial charge on any atom is 0.328 e. The Morgan fingerprint density at radius 3 is 2.32 bits per heavy atom. The number of rotatable bonds is 7. The number of benzene rings is 2. The number of hydrogen-bond acceptors (Lipinski definition) is 4. The first-order valence-corrected chi connectivity index (χ1v) is 9.23. The van der Waals surface area contributed by atoms with E-state index in [9.17, 15) is 9.59 Å². The van der Waals surface area contributed by atoms with Gasteiger partial charge in [0.25, 0.3) is 5.91 Å². The van der Waals surface area contributed by atoms with Gasteiger partial charge in [-0.25, -0.2) is 9.48 Å². The predicted molar refractivity (Wildman–Crippen MR) is 107 cm³/mol. The fraction of sp³-hybridized carbons (Fsp3) is 0.227. The number of nitrogens with zero attached hydrogens (tertiary/aromatic N) is 2. The summed E-state index contributed by atoms with van der Waals surface area (Å²) in [7, 11) is 1.32. The molecule has 0 aliphatic carbocycles. The Labute approximate surface area is 164 Å². The van der Waals surface area contributed by atoms with E-state index in [1.165, 1.54) is 7.11 Å². The van der Waals surface area contributed by atoms with Gasteiger partial charge in [0.15, 0.2) is 0 Å². The smallest absolute Gasteiger partial charge is 0.328 e. The molecule has 28 heavy (non-hydrogen) atoms. The van der Waals surface area contributed by atoms with Gasteiger partial charge in [-0.15, -0.1) is 0 Å². The number of hydrogen-bond donors (Lipinski definition) is 1. The van der Waals surface area contributed by atoms with E-state index in [-0.39, 0.29) is 5.91 Å². The summed E-state index contributed by atoms with van der Waals surface area (Å²) in [6.45, 7) is 1.95. The average Bonchev–Trinajstić information content (AvgIpc) is 3.20. The molecule has 0 fully saturated rings. The van der Waals surface area contributed by atoms with Crippen LogP contribution < -0.4 is 5.32 Å². The molecular weight excluding hydrogens is 354 g/mol. The summed E-state index contributed by atoms with van der Waals surface area (Å²) in [6.07, 6.45) is 2.94. The van der Waals surface area contributed by atoms with E-state index in [2.05, 4.69) is 10.4 Å². The summed E-state index contributed by atoms with van der Waals surface area (Å²) in [5, 5.41) is 7.42. The molecule has 1 atom stereocenters. The molecule has 1 aromatic heterocycles. The molecule has 2 aromatic carbocycles. The molecule has 0 aliphatic heterocycles. The van der Waals surface area contributed by atoms with Gasteiger partial charge in [0.2, 0.25) is 0 Å². The van der Waals surface area contributed by atoms with Gasteiger partial charge in [0.05, 0.1) is 18.4 Å². The lowest BCUT2D eigenvalue weighted by molar-refractivity contribution is -0.143. The molecule has 6 nitrogen and oxygen atoms in total. The first kappa shape index (κ1) is 19.4. The zero-order chi connectivity index (χ0) is 19.9. The maximum atomic E-state index is 13.0. The van der Waals surface area contributed by atoms with E-state index in [0.717, 1.165) is 17.7 Å². The summed E-state index contributed by atoms with van der Waals surface area (Å²) >= 11 is 0. The highest BCUT2D eigenvalue weighted by Crippen LogP contribution is 2.24. The van der Waals surface area contributed by atoms with Crippen molar-refractivity contribution in [2.75, 3.05) is 7.11 Å². The minimum absolute atomic E-state index is 0.357. The van der Waals surface area contributed by atoms with Gasteiger partial charge in [-0.05, 0) is 18.6 Å². The van der Waals surface area contributed by atoms with Crippen molar-refractivity contribution in [3.8, 4) is 16.9 Å². The van der Waals surface area contributed by atoms with Crippen molar-refractivity contribution in [2.24, 2.45) is 0 Å². The number of methoxy groups -OCH3 is 1. The van der Waals surface area contributed by atoms with Crippen LogP contribution in [-0.2, 0) is 9.53 Å². The van der Waals surface area contributed by atoms with Crippen LogP contribution in [0.25, 0.3) is 16.9 Å². The van der Waals surface area contributed by atoms with Gasteiger partial charge in [-0.3, -0.25) is 4.79 Å². The zero-order valence-electron chi connectivity index (χ0n) is 16.0. The summed E-state index contributed by atoms with van der Waals surface area (Å²) in [6, 6.07) is 18.4. The SMILES string of the molecule is CCCC(NC(=O)c1cn(-c2ccccc2)nc1-c1ccccc1)C(=O)OC. The molecule has 0 saturated heterocycles. The molecule has 0 spiro atoms. The van der Waals surface area contributed by atoms with E-state index >= 15 is 0 Å². The highest BCUT2D eigenvalue weighted by molar-refractivity contribution is 6.01. The summed E-state index contributed by atoms with van der Waals surface area (Å²) in [5.74, 6) is -0.809. The number of nitrogens with one attached hydrogen (secondary N) is 1. The lowest BCUT2D eigenvalue weighted by atomic mass is 10.1. The van der Waals surface area contributed by atoms with Gasteiger partial charge < -0.3 is 10.1 Å². The Balaban J connectivity index is 1.99. The number of ether oxygens (including phenoxy) is 1. The van der Waals surface area contributed by atoms with Crippen molar-refractivity contribution in [1.29, 1.82) is 0 Å².